The number of hydrogen-bond acceptors (Lipinski definition) is 9. The Morgan fingerprint density at radius 3 is 2.40 bits per heavy atom. The average Bonchev–Trinajstić information content (AvgIpc) is 3.44. The van der Waals surface area contributed by atoms with Gasteiger partial charge in [0.25, 0.3) is 5.91 Å². The number of nitrogens with two attached hydrogens (primary N) is 1. The van der Waals surface area contributed by atoms with Gasteiger partial charge >= 0.3 is 5.97 Å². The molecule has 0 bridgehead atoms. The van der Waals surface area contributed by atoms with Gasteiger partial charge in [-0.25, -0.2) is 13.8 Å². The summed E-state index contributed by atoms with van der Waals surface area (Å²) >= 11 is 0. The van der Waals surface area contributed by atoms with Crippen LogP contribution >= 0.6 is 0 Å². The number of primary amides is 1. The molecule has 220 valence electrons. The molecule has 3 aromatic heterocycles. The van der Waals surface area contributed by atoms with Crippen molar-refractivity contribution in [3.8, 4) is 5.69 Å². The number of benzene rings is 1. The molecule has 2 atom stereocenters. The number of ether oxygens (including phenoxy) is 1. The summed E-state index contributed by atoms with van der Waals surface area (Å²) in [7, 11) is 0. The Morgan fingerprint density at radius 1 is 1.07 bits per heavy atom. The highest BCUT2D eigenvalue weighted by Gasteiger charge is 2.28. The molecule has 3 heterocycles. The Bertz CT molecular complexity index is 1590. The lowest BCUT2D eigenvalue weighted by Crippen LogP contribution is -2.28. The summed E-state index contributed by atoms with van der Waals surface area (Å²) in [5, 5.41) is 14.1. The number of nitrogens with zero attached hydrogens (tertiary/aromatic N) is 5. The number of pyridine rings is 2. The van der Waals surface area contributed by atoms with Crippen LogP contribution < -0.4 is 16.4 Å². The monoisotopic (exact) mass is 578 g/mol. The summed E-state index contributed by atoms with van der Waals surface area (Å²) in [6.45, 7) is 8.72. The molecule has 4 N–H and O–H groups in total. The summed E-state index contributed by atoms with van der Waals surface area (Å²) in [5.74, 6) is -3.78. The fourth-order valence-corrected chi connectivity index (χ4v) is 4.31. The Kier molecular flexibility index (Phi) is 8.79. The highest BCUT2D eigenvalue weighted by molar-refractivity contribution is 5.98. The van der Waals surface area contributed by atoms with Crippen molar-refractivity contribution in [3.05, 3.63) is 83.4 Å². The molecule has 0 radical (unpaired) electrons. The number of rotatable bonds is 10. The summed E-state index contributed by atoms with van der Waals surface area (Å²) in [6.07, 6.45) is 4.44. The van der Waals surface area contributed by atoms with Crippen LogP contribution in [0.4, 0.5) is 26.1 Å². The highest BCUT2D eigenvalue weighted by atomic mass is 19.1. The largest absolute Gasteiger partial charge is 0.460 e. The summed E-state index contributed by atoms with van der Waals surface area (Å²) in [5.41, 5.74) is 6.38. The Hall–Kier alpha value is -4.94. The van der Waals surface area contributed by atoms with Gasteiger partial charge in [0.15, 0.2) is 11.6 Å². The average molecular weight is 579 g/mol. The molecule has 4 aromatic rings. The number of carbonyl (C=O) groups is 2. The van der Waals surface area contributed by atoms with Gasteiger partial charge in [-0.2, -0.15) is 10.2 Å². The van der Waals surface area contributed by atoms with Crippen molar-refractivity contribution in [2.75, 3.05) is 10.6 Å². The van der Waals surface area contributed by atoms with E-state index in [0.29, 0.717) is 17.1 Å². The van der Waals surface area contributed by atoms with Crippen LogP contribution in [0.15, 0.2) is 55.0 Å². The van der Waals surface area contributed by atoms with E-state index in [9.17, 15) is 14.0 Å². The van der Waals surface area contributed by atoms with Gasteiger partial charge in [0.1, 0.15) is 22.9 Å². The van der Waals surface area contributed by atoms with Gasteiger partial charge in [0, 0.05) is 5.56 Å². The maximum Gasteiger partial charge on any atom is 0.306 e. The highest BCUT2D eigenvalue weighted by Crippen LogP contribution is 2.33. The summed E-state index contributed by atoms with van der Waals surface area (Å²) in [4.78, 5) is 34.9. The minimum atomic E-state index is -0.923. The van der Waals surface area contributed by atoms with Crippen LogP contribution in [0.5, 0.6) is 0 Å². The van der Waals surface area contributed by atoms with Crippen molar-refractivity contribution in [2.24, 2.45) is 11.7 Å². The second-order valence-electron chi connectivity index (χ2n) is 10.8. The first-order valence-electron chi connectivity index (χ1n) is 13.2. The lowest BCUT2D eigenvalue weighted by atomic mass is 9.91. The SMILES string of the molecule is Cc1ncc(Nc2nc(N[C@H](c3ccccc3F)[C@H](C)CC(=O)OC(C)(C)C)c(F)cc2C(N)=O)cc1-n1nccn1. The second-order valence-corrected chi connectivity index (χ2v) is 10.8. The maximum atomic E-state index is 15.4. The number of esters is 1. The maximum absolute atomic E-state index is 15.4. The van der Waals surface area contributed by atoms with Gasteiger partial charge in [0.05, 0.1) is 48.0 Å². The van der Waals surface area contributed by atoms with Crippen LogP contribution in [-0.2, 0) is 9.53 Å². The smallest absolute Gasteiger partial charge is 0.306 e. The van der Waals surface area contributed by atoms with E-state index in [-0.39, 0.29) is 29.2 Å². The van der Waals surface area contributed by atoms with E-state index in [1.807, 2.05) is 0 Å². The van der Waals surface area contributed by atoms with E-state index >= 15 is 4.39 Å². The quantitative estimate of drug-likeness (QED) is 0.221. The van der Waals surface area contributed by atoms with Gasteiger partial charge in [-0.15, -0.1) is 4.80 Å². The fraction of sp³-hybridized carbons (Fsp3) is 0.310. The number of carbonyl (C=O) groups excluding carboxylic acids is 2. The molecule has 4 rings (SSSR count). The normalized spacial score (nSPS) is 12.8. The molecule has 0 spiro atoms. The van der Waals surface area contributed by atoms with Gasteiger partial charge < -0.3 is 21.1 Å². The molecule has 42 heavy (non-hydrogen) atoms. The summed E-state index contributed by atoms with van der Waals surface area (Å²) in [6, 6.07) is 7.69. The van der Waals surface area contributed by atoms with Gasteiger partial charge in [-0.3, -0.25) is 14.6 Å². The number of hydrogen-bond donors (Lipinski definition) is 3. The van der Waals surface area contributed by atoms with Crippen molar-refractivity contribution < 1.29 is 23.1 Å². The van der Waals surface area contributed by atoms with Crippen molar-refractivity contribution >= 4 is 29.2 Å². The Balaban J connectivity index is 1.71. The zero-order valence-electron chi connectivity index (χ0n) is 23.9. The van der Waals surface area contributed by atoms with Crippen LogP contribution in [0.1, 0.15) is 61.8 Å². The number of aromatic nitrogens is 5. The second kappa shape index (κ2) is 12.3. The number of amides is 1. The van der Waals surface area contributed by atoms with Crippen LogP contribution in [-0.4, -0.2) is 42.4 Å². The molecule has 0 unspecified atom stereocenters. The molecule has 0 aliphatic rings. The minimum absolute atomic E-state index is 0.0662. The van der Waals surface area contributed by atoms with Crippen LogP contribution in [0.25, 0.3) is 5.69 Å². The van der Waals surface area contributed by atoms with Crippen LogP contribution in [0, 0.1) is 24.5 Å². The van der Waals surface area contributed by atoms with E-state index in [2.05, 4.69) is 30.8 Å². The molecular formula is C29H32F2N8O3. The van der Waals surface area contributed by atoms with Crippen molar-refractivity contribution in [3.63, 3.8) is 0 Å². The van der Waals surface area contributed by atoms with Crippen molar-refractivity contribution in [1.82, 2.24) is 25.0 Å². The van der Waals surface area contributed by atoms with E-state index in [4.69, 9.17) is 10.5 Å². The molecular weight excluding hydrogens is 546 g/mol. The predicted octanol–water partition coefficient (Wildman–Crippen LogP) is 5.01. The van der Waals surface area contributed by atoms with Crippen molar-refractivity contribution in [2.45, 2.75) is 52.7 Å². The van der Waals surface area contributed by atoms with Gasteiger partial charge in [0.2, 0.25) is 0 Å². The van der Waals surface area contributed by atoms with E-state index < -0.39 is 41.1 Å². The molecule has 1 aromatic carbocycles. The molecule has 1 amide bonds. The third-order valence-electron chi connectivity index (χ3n) is 6.21. The number of anilines is 3. The molecule has 0 aliphatic heterocycles. The van der Waals surface area contributed by atoms with Crippen LogP contribution in [0.3, 0.4) is 0 Å². The zero-order chi connectivity index (χ0) is 30.6. The zero-order valence-corrected chi connectivity index (χ0v) is 23.9. The molecule has 0 aliphatic carbocycles. The molecule has 0 saturated carbocycles. The number of aryl methyl sites for hydroxylation is 1. The Labute approximate surface area is 241 Å². The topological polar surface area (TPSA) is 150 Å². The summed E-state index contributed by atoms with van der Waals surface area (Å²) < 4.78 is 35.8. The lowest BCUT2D eigenvalue weighted by Gasteiger charge is -2.28. The number of nitrogens with one attached hydrogen (secondary N) is 2. The lowest BCUT2D eigenvalue weighted by molar-refractivity contribution is -0.156. The predicted molar refractivity (Wildman–Crippen MR) is 152 cm³/mol. The fourth-order valence-electron chi connectivity index (χ4n) is 4.31. The van der Waals surface area contributed by atoms with Gasteiger partial charge in [-0.05, 0) is 51.8 Å². The van der Waals surface area contributed by atoms with Crippen molar-refractivity contribution in [1.29, 1.82) is 0 Å². The minimum Gasteiger partial charge on any atom is -0.460 e. The Morgan fingerprint density at radius 2 is 1.76 bits per heavy atom. The van der Waals surface area contributed by atoms with Gasteiger partial charge in [-0.1, -0.05) is 25.1 Å². The third-order valence-corrected chi connectivity index (χ3v) is 6.21. The number of halogens is 2. The first kappa shape index (κ1) is 30.0. The molecule has 13 heteroatoms. The molecule has 0 saturated heterocycles. The van der Waals surface area contributed by atoms with E-state index in [1.165, 1.54) is 41.6 Å². The van der Waals surface area contributed by atoms with Crippen LogP contribution in [0.2, 0.25) is 0 Å². The third kappa shape index (κ3) is 7.22. The molecule has 11 nitrogen and oxygen atoms in total. The standard InChI is InChI=1S/C29H32F2N8O3/c1-16(12-24(40)42-29(3,4)5)25(19-8-6-7-9-21(19)30)37-28-22(31)14-20(26(32)41)27(38-28)36-18-13-23(17(2)33-15-18)39-34-10-11-35-39/h6-11,13-16,25H,12H2,1-5H3,(H2,32,41)(H2,36,37,38)/t16-,25+/m1/s1. The molecule has 0 fully saturated rings. The first-order valence-corrected chi connectivity index (χ1v) is 13.2. The van der Waals surface area contributed by atoms with E-state index in [1.54, 1.807) is 46.8 Å². The van der Waals surface area contributed by atoms with E-state index in [0.717, 1.165) is 6.07 Å². The first-order chi connectivity index (χ1) is 19.8.